The number of hydrogen-bond acceptors (Lipinski definition) is 5. The van der Waals surface area contributed by atoms with E-state index in [1.165, 1.54) is 31.4 Å². The predicted molar refractivity (Wildman–Crippen MR) is 121 cm³/mol. The van der Waals surface area contributed by atoms with Crippen molar-refractivity contribution >= 4 is 11.9 Å². The number of alkyl halides is 2. The third-order valence-corrected chi connectivity index (χ3v) is 4.81. The monoisotopic (exact) mass is 454 g/mol. The normalized spacial score (nSPS) is 11.0. The lowest BCUT2D eigenvalue weighted by atomic mass is 10.1. The first-order valence-electron chi connectivity index (χ1n) is 10.1. The predicted octanol–water partition coefficient (Wildman–Crippen LogP) is 6.09. The highest BCUT2D eigenvalue weighted by atomic mass is 19.3. The number of rotatable bonds is 10. The van der Waals surface area contributed by atoms with Crippen molar-refractivity contribution in [1.82, 2.24) is 0 Å². The lowest BCUT2D eigenvalue weighted by Gasteiger charge is -2.11. The molecule has 3 aromatic carbocycles. The van der Waals surface area contributed by atoms with E-state index in [0.717, 1.165) is 22.4 Å². The molecule has 0 bridgehead atoms. The van der Waals surface area contributed by atoms with Crippen LogP contribution in [0.25, 0.3) is 6.08 Å². The number of carbonyl (C=O) groups is 1. The Labute approximate surface area is 191 Å². The van der Waals surface area contributed by atoms with Gasteiger partial charge in [0, 0.05) is 11.1 Å². The highest BCUT2D eigenvalue weighted by Gasteiger charge is 2.13. The van der Waals surface area contributed by atoms with Crippen LogP contribution in [0, 0.1) is 6.92 Å². The van der Waals surface area contributed by atoms with E-state index >= 15 is 0 Å². The molecule has 0 amide bonds. The summed E-state index contributed by atoms with van der Waals surface area (Å²) in [6.07, 6.45) is 3.06. The van der Waals surface area contributed by atoms with Crippen LogP contribution in [0.3, 0.4) is 0 Å². The van der Waals surface area contributed by atoms with Gasteiger partial charge in [-0.25, -0.2) is 0 Å². The van der Waals surface area contributed by atoms with Crippen LogP contribution in [0.4, 0.5) is 8.78 Å². The Balaban J connectivity index is 1.74. The van der Waals surface area contributed by atoms with Gasteiger partial charge in [-0.15, -0.1) is 0 Å². The molecule has 3 rings (SSSR count). The summed E-state index contributed by atoms with van der Waals surface area (Å²) < 4.78 is 45.7. The van der Waals surface area contributed by atoms with Crippen molar-refractivity contribution in [2.45, 2.75) is 20.1 Å². The summed E-state index contributed by atoms with van der Waals surface area (Å²) in [5, 5.41) is 0. The number of hydrogen-bond donors (Lipinski definition) is 0. The number of methoxy groups -OCH3 is 2. The van der Waals surface area contributed by atoms with Crippen LogP contribution in [0.1, 0.15) is 27.0 Å². The van der Waals surface area contributed by atoms with Gasteiger partial charge in [-0.3, -0.25) is 4.79 Å². The minimum absolute atomic E-state index is 0.0505. The lowest BCUT2D eigenvalue weighted by Crippen LogP contribution is -2.04. The van der Waals surface area contributed by atoms with Crippen molar-refractivity contribution < 1.29 is 32.5 Å². The molecule has 33 heavy (non-hydrogen) atoms. The van der Waals surface area contributed by atoms with Gasteiger partial charge in [0.25, 0.3) is 0 Å². The van der Waals surface area contributed by atoms with Gasteiger partial charge in [-0.1, -0.05) is 29.8 Å². The second-order valence-electron chi connectivity index (χ2n) is 7.11. The van der Waals surface area contributed by atoms with E-state index in [2.05, 4.69) is 4.74 Å². The zero-order valence-corrected chi connectivity index (χ0v) is 18.5. The maximum Gasteiger partial charge on any atom is 0.387 e. The molecule has 0 fully saturated rings. The van der Waals surface area contributed by atoms with Gasteiger partial charge < -0.3 is 18.9 Å². The van der Waals surface area contributed by atoms with E-state index < -0.39 is 6.61 Å². The van der Waals surface area contributed by atoms with E-state index in [4.69, 9.17) is 14.2 Å². The van der Waals surface area contributed by atoms with E-state index in [1.54, 1.807) is 19.3 Å². The molecule has 0 aromatic heterocycles. The van der Waals surface area contributed by atoms with Crippen molar-refractivity contribution in [3.8, 4) is 23.0 Å². The number of benzene rings is 3. The van der Waals surface area contributed by atoms with E-state index in [-0.39, 0.29) is 22.8 Å². The van der Waals surface area contributed by atoms with Gasteiger partial charge in [0.2, 0.25) is 0 Å². The fourth-order valence-electron chi connectivity index (χ4n) is 3.09. The fraction of sp³-hybridized carbons (Fsp3) is 0.192. The van der Waals surface area contributed by atoms with Gasteiger partial charge in [0.05, 0.1) is 14.2 Å². The van der Waals surface area contributed by atoms with Crippen LogP contribution in [0.2, 0.25) is 0 Å². The van der Waals surface area contributed by atoms with Crippen LogP contribution in [0.5, 0.6) is 23.0 Å². The van der Waals surface area contributed by atoms with Crippen molar-refractivity contribution in [2.24, 2.45) is 0 Å². The standard InChI is InChI=1S/C26H24F2O5/c1-17-4-9-21(10-5-17)32-16-20-14-18(7-12-23(20)30-2)6-11-22(29)19-8-13-24(33-26(27)28)25(15-19)31-3/h4-15,26H,16H2,1-3H3/b11-6+. The smallest absolute Gasteiger partial charge is 0.387 e. The molecule has 0 N–H and O–H groups in total. The molecule has 0 heterocycles. The quantitative estimate of drug-likeness (QED) is 0.274. The maximum atomic E-state index is 12.6. The first kappa shape index (κ1) is 23.8. The molecule has 0 saturated heterocycles. The number of ether oxygens (including phenoxy) is 4. The molecule has 5 nitrogen and oxygen atoms in total. The van der Waals surface area contributed by atoms with Crippen LogP contribution in [-0.4, -0.2) is 26.6 Å². The highest BCUT2D eigenvalue weighted by molar-refractivity contribution is 6.07. The van der Waals surface area contributed by atoms with Crippen LogP contribution >= 0.6 is 0 Å². The number of halogens is 2. The second kappa shape index (κ2) is 11.1. The van der Waals surface area contributed by atoms with Crippen LogP contribution in [0.15, 0.2) is 66.7 Å². The highest BCUT2D eigenvalue weighted by Crippen LogP contribution is 2.30. The summed E-state index contributed by atoms with van der Waals surface area (Å²) >= 11 is 0. The molecule has 0 spiro atoms. The van der Waals surface area contributed by atoms with E-state index in [9.17, 15) is 13.6 Å². The molecule has 0 saturated carbocycles. The Hall–Kier alpha value is -3.87. The van der Waals surface area contributed by atoms with Crippen molar-refractivity contribution in [3.63, 3.8) is 0 Å². The first-order valence-corrected chi connectivity index (χ1v) is 10.1. The Bertz CT molecular complexity index is 1120. The molecular weight excluding hydrogens is 430 g/mol. The molecule has 0 unspecified atom stereocenters. The van der Waals surface area contributed by atoms with Crippen molar-refractivity contribution in [1.29, 1.82) is 0 Å². The summed E-state index contributed by atoms with van der Waals surface area (Å²) in [6.45, 7) is -0.685. The lowest BCUT2D eigenvalue weighted by molar-refractivity contribution is -0.0512. The van der Waals surface area contributed by atoms with Gasteiger partial charge in [0.1, 0.15) is 18.1 Å². The average molecular weight is 454 g/mol. The molecular formula is C26H24F2O5. The zero-order chi connectivity index (χ0) is 23.8. The minimum Gasteiger partial charge on any atom is -0.496 e. The summed E-state index contributed by atoms with van der Waals surface area (Å²) in [6, 6.07) is 17.3. The third-order valence-electron chi connectivity index (χ3n) is 4.81. The zero-order valence-electron chi connectivity index (χ0n) is 18.5. The number of allylic oxidation sites excluding steroid dienone is 1. The molecule has 0 atom stereocenters. The molecule has 0 radical (unpaired) electrons. The van der Waals surface area contributed by atoms with Crippen molar-refractivity contribution in [2.75, 3.05) is 14.2 Å². The fourth-order valence-corrected chi connectivity index (χ4v) is 3.09. The third kappa shape index (κ3) is 6.55. The van der Waals surface area contributed by atoms with E-state index in [0.29, 0.717) is 12.4 Å². The number of ketones is 1. The Morgan fingerprint density at radius 2 is 1.61 bits per heavy atom. The Morgan fingerprint density at radius 3 is 2.27 bits per heavy atom. The molecule has 0 aliphatic rings. The van der Waals surface area contributed by atoms with Gasteiger partial charge >= 0.3 is 6.61 Å². The number of aryl methyl sites for hydroxylation is 1. The number of carbonyl (C=O) groups excluding carboxylic acids is 1. The van der Waals surface area contributed by atoms with Gasteiger partial charge in [-0.2, -0.15) is 8.78 Å². The van der Waals surface area contributed by atoms with Crippen LogP contribution < -0.4 is 18.9 Å². The second-order valence-corrected chi connectivity index (χ2v) is 7.11. The topological polar surface area (TPSA) is 54.0 Å². The summed E-state index contributed by atoms with van der Waals surface area (Å²) in [5.41, 5.74) is 3.02. The molecule has 0 aliphatic carbocycles. The summed E-state index contributed by atoms with van der Waals surface area (Å²) in [4.78, 5) is 12.6. The summed E-state index contributed by atoms with van der Waals surface area (Å²) in [7, 11) is 2.90. The minimum atomic E-state index is -2.99. The first-order chi connectivity index (χ1) is 15.9. The van der Waals surface area contributed by atoms with E-state index in [1.807, 2.05) is 43.3 Å². The Kier molecular flexibility index (Phi) is 8.02. The molecule has 0 aliphatic heterocycles. The van der Waals surface area contributed by atoms with Crippen molar-refractivity contribution in [3.05, 3.63) is 89.0 Å². The van der Waals surface area contributed by atoms with Crippen LogP contribution in [-0.2, 0) is 6.61 Å². The van der Waals surface area contributed by atoms with Gasteiger partial charge in [-0.05, 0) is 61.0 Å². The Morgan fingerprint density at radius 1 is 0.909 bits per heavy atom. The maximum absolute atomic E-state index is 12.6. The average Bonchev–Trinajstić information content (AvgIpc) is 2.82. The summed E-state index contributed by atoms with van der Waals surface area (Å²) in [5.74, 6) is 1.01. The molecule has 3 aromatic rings. The SMILES string of the molecule is COc1ccc(/C=C/C(=O)c2ccc(OC(F)F)c(OC)c2)cc1COc1ccc(C)cc1. The molecule has 7 heteroatoms. The van der Waals surface area contributed by atoms with Gasteiger partial charge in [0.15, 0.2) is 17.3 Å². The largest absolute Gasteiger partial charge is 0.496 e. The molecule has 172 valence electrons.